The van der Waals surface area contributed by atoms with Gasteiger partial charge >= 0.3 is 33.3 Å². The molecule has 0 bridgehead atoms. The molecule has 0 spiro atoms. The first-order chi connectivity index (χ1) is 15.0. The average Bonchev–Trinajstić information content (AvgIpc) is 3.51. The molecule has 0 saturated carbocycles. The van der Waals surface area contributed by atoms with Crippen LogP contribution in [0, 0.1) is 0 Å². The third kappa shape index (κ3) is 5.95. The molecule has 3 aromatic heterocycles. The van der Waals surface area contributed by atoms with Crippen LogP contribution < -0.4 is 0 Å². The van der Waals surface area contributed by atoms with Crippen molar-refractivity contribution in [3.05, 3.63) is 52.4 Å². The van der Waals surface area contributed by atoms with E-state index in [1.807, 2.05) is 0 Å². The topological polar surface area (TPSA) is 53.5 Å². The summed E-state index contributed by atoms with van der Waals surface area (Å²) in [5.41, 5.74) is 6.99. The summed E-state index contributed by atoms with van der Waals surface area (Å²) in [5.74, 6) is 0. The van der Waals surface area contributed by atoms with Crippen LogP contribution in [0.5, 0.6) is 0 Å². The van der Waals surface area contributed by atoms with E-state index in [4.69, 9.17) is 35.5 Å². The van der Waals surface area contributed by atoms with E-state index in [1.165, 1.54) is 17.1 Å². The van der Waals surface area contributed by atoms with Crippen LogP contribution in [0.1, 0.15) is 82.0 Å². The number of nitrogens with zero attached hydrogens (tertiary/aromatic N) is 6. The van der Waals surface area contributed by atoms with Gasteiger partial charge in [-0.1, -0.05) is 41.5 Å². The van der Waals surface area contributed by atoms with Crippen molar-refractivity contribution in [3.8, 4) is 0 Å². The van der Waals surface area contributed by atoms with Gasteiger partial charge in [0.15, 0.2) is 0 Å². The molecule has 0 aliphatic rings. The summed E-state index contributed by atoms with van der Waals surface area (Å²) < 4.78 is 6.40. The molecular formula is C22H34Cl2MnN6. The number of hydrogen-bond acceptors (Lipinski definition) is 3. The molecule has 3 rings (SSSR count). The Hall–Kier alpha value is -1.27. The van der Waals surface area contributed by atoms with E-state index in [0.717, 1.165) is 55.6 Å². The van der Waals surface area contributed by atoms with Gasteiger partial charge in [0.1, 0.15) is 0 Å². The molecular weight excluding hydrogens is 474 g/mol. The normalized spacial score (nSPS) is 11.1. The second-order valence-electron chi connectivity index (χ2n) is 7.24. The van der Waals surface area contributed by atoms with Crippen molar-refractivity contribution < 1.29 is 13.1 Å². The summed E-state index contributed by atoms with van der Waals surface area (Å²) in [5, 5.41) is 14.9. The maximum absolute atomic E-state index is 4.97. The van der Waals surface area contributed by atoms with E-state index in [-0.39, 0.29) is 19.4 Å². The molecule has 0 saturated heterocycles. The van der Waals surface area contributed by atoms with E-state index in [1.54, 1.807) is 0 Å². The average molecular weight is 508 g/mol. The van der Waals surface area contributed by atoms with Gasteiger partial charge in [0.2, 0.25) is 6.29 Å². The SMILES string of the molecule is CCc1cc(CC)n(C(n2nc(CC)cc2CC)n2nc(CC)cc2CC)n1.[Cl][Mn][Cl]. The van der Waals surface area contributed by atoms with E-state index >= 15 is 0 Å². The minimum absolute atomic E-state index is 0.00694. The Bertz CT molecular complexity index is 827. The Morgan fingerprint density at radius 1 is 0.613 bits per heavy atom. The number of aryl methyl sites for hydroxylation is 6. The van der Waals surface area contributed by atoms with Crippen molar-refractivity contribution in [2.45, 2.75) is 86.4 Å². The number of halogens is 2. The molecule has 173 valence electrons. The molecule has 0 radical (unpaired) electrons. The van der Waals surface area contributed by atoms with Gasteiger partial charge < -0.3 is 0 Å². The van der Waals surface area contributed by atoms with Crippen LogP contribution in [0.3, 0.4) is 0 Å². The molecule has 0 N–H and O–H groups in total. The maximum atomic E-state index is 4.97. The van der Waals surface area contributed by atoms with E-state index in [2.05, 4.69) is 73.8 Å². The molecule has 3 aromatic rings. The molecule has 31 heavy (non-hydrogen) atoms. The van der Waals surface area contributed by atoms with Crippen molar-refractivity contribution in [2.75, 3.05) is 0 Å². The first-order valence-corrected chi connectivity index (χ1v) is 14.3. The van der Waals surface area contributed by atoms with Crippen LogP contribution in [-0.4, -0.2) is 29.3 Å². The summed E-state index contributed by atoms with van der Waals surface area (Å²) in [7, 11) is 9.59. The Morgan fingerprint density at radius 2 is 0.871 bits per heavy atom. The van der Waals surface area contributed by atoms with Gasteiger partial charge in [-0.15, -0.1) is 0 Å². The number of hydrogen-bond donors (Lipinski definition) is 0. The summed E-state index contributed by atoms with van der Waals surface area (Å²) in [4.78, 5) is 0. The van der Waals surface area contributed by atoms with Crippen molar-refractivity contribution >= 4 is 20.2 Å². The van der Waals surface area contributed by atoms with Crippen LogP contribution in [0.25, 0.3) is 0 Å². The number of rotatable bonds is 9. The quantitative estimate of drug-likeness (QED) is 0.355. The van der Waals surface area contributed by atoms with E-state index in [9.17, 15) is 0 Å². The fourth-order valence-electron chi connectivity index (χ4n) is 3.69. The standard InChI is InChI=1S/C22H34N6.2ClH.Mn/c1-7-16-13-19(10-4)26(23-16)22(27-20(11-5)14-17(8-2)24-27)28-21(12-6)15-18(9-3)25-28;;;/h13-15,22H,7-12H2,1-6H3;2*1H;/q;;;+2/p-2. The molecule has 0 atom stereocenters. The Morgan fingerprint density at radius 3 is 1.06 bits per heavy atom. The summed E-state index contributed by atoms with van der Waals surface area (Å²) in [6, 6.07) is 6.66. The molecule has 6 nitrogen and oxygen atoms in total. The van der Waals surface area contributed by atoms with E-state index in [0.29, 0.717) is 0 Å². The second-order valence-corrected chi connectivity index (χ2v) is 9.19. The van der Waals surface area contributed by atoms with Crippen molar-refractivity contribution in [3.63, 3.8) is 0 Å². The van der Waals surface area contributed by atoms with Gasteiger partial charge in [-0.3, -0.25) is 0 Å². The Balaban J connectivity index is 0.00000107. The van der Waals surface area contributed by atoms with Crippen LogP contribution in [-0.2, 0) is 51.7 Å². The Kier molecular flexibility index (Phi) is 10.6. The predicted octanol–water partition coefficient (Wildman–Crippen LogP) is 5.58. The molecule has 0 amide bonds. The van der Waals surface area contributed by atoms with Gasteiger partial charge in [0.05, 0.1) is 17.1 Å². The fraction of sp³-hybridized carbons (Fsp3) is 0.591. The monoisotopic (exact) mass is 507 g/mol. The summed E-state index contributed by atoms with van der Waals surface area (Å²) in [6.45, 7) is 13.0. The van der Waals surface area contributed by atoms with Gasteiger partial charge in [0.25, 0.3) is 0 Å². The first kappa shape index (κ1) is 26.0. The Labute approximate surface area is 200 Å². The van der Waals surface area contributed by atoms with Gasteiger partial charge in [-0.05, 0) is 56.7 Å². The van der Waals surface area contributed by atoms with Crippen LogP contribution in [0.2, 0.25) is 0 Å². The number of aromatic nitrogens is 6. The third-order valence-electron chi connectivity index (χ3n) is 5.42. The zero-order chi connectivity index (χ0) is 23.0. The molecule has 0 fully saturated rings. The molecule has 0 aliphatic heterocycles. The van der Waals surface area contributed by atoms with Crippen molar-refractivity contribution in [1.82, 2.24) is 29.3 Å². The second kappa shape index (κ2) is 12.7. The molecule has 0 aliphatic carbocycles. The third-order valence-corrected chi connectivity index (χ3v) is 5.42. The summed E-state index contributed by atoms with van der Waals surface area (Å²) >= 11 is 0.00694. The van der Waals surface area contributed by atoms with Crippen molar-refractivity contribution in [1.29, 1.82) is 0 Å². The zero-order valence-corrected chi connectivity index (χ0v) is 22.1. The van der Waals surface area contributed by atoms with Crippen LogP contribution in [0.15, 0.2) is 18.2 Å². The molecule has 0 unspecified atom stereocenters. The molecule has 0 aromatic carbocycles. The zero-order valence-electron chi connectivity index (χ0n) is 19.4. The first-order valence-electron chi connectivity index (χ1n) is 11.1. The summed E-state index contributed by atoms with van der Waals surface area (Å²) in [6.07, 6.45) is 5.34. The van der Waals surface area contributed by atoms with Crippen LogP contribution >= 0.6 is 20.2 Å². The van der Waals surface area contributed by atoms with Crippen LogP contribution in [0.4, 0.5) is 0 Å². The fourth-order valence-corrected chi connectivity index (χ4v) is 3.69. The molecule has 9 heteroatoms. The van der Waals surface area contributed by atoms with Gasteiger partial charge in [-0.2, -0.15) is 15.3 Å². The van der Waals surface area contributed by atoms with Gasteiger partial charge in [-0.25, -0.2) is 14.0 Å². The predicted molar refractivity (Wildman–Crippen MR) is 124 cm³/mol. The van der Waals surface area contributed by atoms with E-state index < -0.39 is 0 Å². The van der Waals surface area contributed by atoms with Crippen molar-refractivity contribution in [2.24, 2.45) is 0 Å². The molecule has 3 heterocycles. The van der Waals surface area contributed by atoms with Gasteiger partial charge in [0, 0.05) is 17.1 Å². The minimum atomic E-state index is -0.208.